The minimum atomic E-state index is -1.04. The number of carboxylic acid groups (broad SMARTS) is 1. The van der Waals surface area contributed by atoms with Crippen LogP contribution in [0, 0.1) is 0 Å². The Kier molecular flexibility index (Phi) is 5.49. The number of aromatic nitrogens is 2. The molecule has 31 heavy (non-hydrogen) atoms. The van der Waals surface area contributed by atoms with Gasteiger partial charge in [-0.2, -0.15) is 0 Å². The van der Waals surface area contributed by atoms with Crippen LogP contribution in [-0.4, -0.2) is 27.0 Å². The molecule has 2 aromatic heterocycles. The predicted octanol–water partition coefficient (Wildman–Crippen LogP) is 3.95. The number of nitrogens with one attached hydrogen (secondary N) is 2. The maximum absolute atomic E-state index is 12.6. The minimum absolute atomic E-state index is 0.141. The minimum Gasteiger partial charge on any atom is -0.478 e. The van der Waals surface area contributed by atoms with Crippen LogP contribution in [0.3, 0.4) is 0 Å². The second kappa shape index (κ2) is 8.54. The molecule has 2 aromatic carbocycles. The number of nitrogen functional groups attached to an aromatic ring is 1. The molecule has 0 aliphatic rings. The maximum atomic E-state index is 12.6. The van der Waals surface area contributed by atoms with Crippen molar-refractivity contribution in [3.05, 3.63) is 89.7 Å². The summed E-state index contributed by atoms with van der Waals surface area (Å²) >= 11 is 0. The molecule has 1 amide bonds. The molecule has 5 N–H and O–H groups in total. The van der Waals surface area contributed by atoms with Crippen LogP contribution in [0.5, 0.6) is 0 Å². The normalized spacial score (nSPS) is 11.4. The number of hydrogen-bond acceptors (Lipinski definition) is 4. The second-order valence-corrected chi connectivity index (χ2v) is 7.03. The number of nitrogens with zero attached hydrogens (tertiary/aromatic N) is 1. The smallest absolute Gasteiger partial charge is 0.336 e. The summed E-state index contributed by atoms with van der Waals surface area (Å²) < 4.78 is 0. The van der Waals surface area contributed by atoms with Gasteiger partial charge >= 0.3 is 5.97 Å². The average molecular weight is 412 g/mol. The van der Waals surface area contributed by atoms with Gasteiger partial charge in [-0.3, -0.25) is 4.79 Å². The fourth-order valence-electron chi connectivity index (χ4n) is 3.42. The molecule has 4 rings (SSSR count). The van der Waals surface area contributed by atoms with E-state index in [0.717, 1.165) is 5.56 Å². The number of carboxylic acids is 1. The summed E-state index contributed by atoms with van der Waals surface area (Å²) in [6.45, 7) is 0. The van der Waals surface area contributed by atoms with E-state index in [4.69, 9.17) is 5.73 Å². The Hall–Kier alpha value is -4.39. The van der Waals surface area contributed by atoms with Crippen molar-refractivity contribution in [3.63, 3.8) is 0 Å². The van der Waals surface area contributed by atoms with Crippen molar-refractivity contribution >= 4 is 45.9 Å². The first-order valence-corrected chi connectivity index (χ1v) is 9.62. The zero-order chi connectivity index (χ0) is 21.8. The van der Waals surface area contributed by atoms with Crippen LogP contribution in [0.25, 0.3) is 22.7 Å². The van der Waals surface area contributed by atoms with Crippen LogP contribution in [0.4, 0.5) is 11.4 Å². The third-order valence-electron chi connectivity index (χ3n) is 4.81. The molecule has 0 unspecified atom stereocenters. The molecule has 7 nitrogen and oxygen atoms in total. The van der Waals surface area contributed by atoms with Crippen molar-refractivity contribution in [2.75, 3.05) is 11.1 Å². The van der Waals surface area contributed by atoms with Crippen molar-refractivity contribution < 1.29 is 14.7 Å². The molecule has 7 heteroatoms. The number of H-pyrrole nitrogens is 1. The Morgan fingerprint density at radius 3 is 2.65 bits per heavy atom. The number of pyridine rings is 1. The van der Waals surface area contributed by atoms with Gasteiger partial charge in [-0.05, 0) is 35.4 Å². The van der Waals surface area contributed by atoms with Gasteiger partial charge in [0.25, 0.3) is 0 Å². The van der Waals surface area contributed by atoms with Gasteiger partial charge in [-0.15, -0.1) is 0 Å². The number of aliphatic carboxylic acids is 1. The van der Waals surface area contributed by atoms with E-state index in [1.807, 2.05) is 12.1 Å². The van der Waals surface area contributed by atoms with Gasteiger partial charge in [-0.25, -0.2) is 9.78 Å². The largest absolute Gasteiger partial charge is 0.478 e. The molecule has 0 bridgehead atoms. The van der Waals surface area contributed by atoms with Crippen LogP contribution in [0.2, 0.25) is 0 Å². The lowest BCUT2D eigenvalue weighted by atomic mass is 10.0. The van der Waals surface area contributed by atoms with Gasteiger partial charge in [0.05, 0.1) is 17.7 Å². The van der Waals surface area contributed by atoms with Crippen molar-refractivity contribution in [1.29, 1.82) is 0 Å². The third kappa shape index (κ3) is 4.45. The van der Waals surface area contributed by atoms with Crippen LogP contribution in [0.1, 0.15) is 16.7 Å². The van der Waals surface area contributed by atoms with E-state index in [1.54, 1.807) is 67.0 Å². The highest BCUT2D eigenvalue weighted by Crippen LogP contribution is 2.29. The number of amides is 1. The second-order valence-electron chi connectivity index (χ2n) is 7.03. The molecule has 0 spiro atoms. The highest BCUT2D eigenvalue weighted by Gasteiger charge is 2.15. The molecular weight excluding hydrogens is 392 g/mol. The number of aromatic amines is 1. The number of rotatable bonds is 6. The van der Waals surface area contributed by atoms with E-state index in [9.17, 15) is 14.7 Å². The van der Waals surface area contributed by atoms with E-state index >= 15 is 0 Å². The fraction of sp³-hybridized carbons (Fsp3) is 0.0417. The molecular formula is C24H20N4O3. The summed E-state index contributed by atoms with van der Waals surface area (Å²) in [6.07, 6.45) is 5.00. The van der Waals surface area contributed by atoms with E-state index in [1.165, 1.54) is 0 Å². The SMILES string of the molecule is Nc1cccc(CC(=O)Nc2ccnc3[nH]cc(C=C(C(=O)O)c4ccccc4)c23)c1. The quantitative estimate of drug-likeness (QED) is 0.282. The summed E-state index contributed by atoms with van der Waals surface area (Å²) in [4.78, 5) is 31.8. The molecule has 0 aliphatic carbocycles. The molecule has 0 atom stereocenters. The zero-order valence-corrected chi connectivity index (χ0v) is 16.5. The average Bonchev–Trinajstić information content (AvgIpc) is 3.16. The Morgan fingerprint density at radius 2 is 1.90 bits per heavy atom. The van der Waals surface area contributed by atoms with Gasteiger partial charge in [0.15, 0.2) is 0 Å². The van der Waals surface area contributed by atoms with Crippen LogP contribution < -0.4 is 11.1 Å². The van der Waals surface area contributed by atoms with E-state index < -0.39 is 5.97 Å². The summed E-state index contributed by atoms with van der Waals surface area (Å²) in [7, 11) is 0. The molecule has 0 fully saturated rings. The van der Waals surface area contributed by atoms with E-state index in [0.29, 0.717) is 33.5 Å². The lowest BCUT2D eigenvalue weighted by molar-refractivity contribution is -0.130. The highest BCUT2D eigenvalue weighted by molar-refractivity contribution is 6.22. The number of nitrogens with two attached hydrogens (primary N) is 1. The third-order valence-corrected chi connectivity index (χ3v) is 4.81. The van der Waals surface area contributed by atoms with Gasteiger partial charge in [-0.1, -0.05) is 42.5 Å². The van der Waals surface area contributed by atoms with Gasteiger partial charge in [0.2, 0.25) is 5.91 Å². The molecule has 2 heterocycles. The molecule has 0 saturated carbocycles. The number of anilines is 2. The van der Waals surface area contributed by atoms with Crippen molar-refractivity contribution in [2.24, 2.45) is 0 Å². The van der Waals surface area contributed by atoms with Crippen molar-refractivity contribution in [1.82, 2.24) is 9.97 Å². The number of carbonyl (C=O) groups is 2. The summed E-state index contributed by atoms with van der Waals surface area (Å²) in [5.74, 6) is -1.26. The van der Waals surface area contributed by atoms with Crippen LogP contribution in [0.15, 0.2) is 73.1 Å². The molecule has 0 aliphatic heterocycles. The first kappa shape index (κ1) is 19.9. The lowest BCUT2D eigenvalue weighted by Crippen LogP contribution is -2.14. The Bertz CT molecular complexity index is 1290. The molecule has 0 saturated heterocycles. The topological polar surface area (TPSA) is 121 Å². The highest BCUT2D eigenvalue weighted by atomic mass is 16.4. The first-order chi connectivity index (χ1) is 15.0. The van der Waals surface area contributed by atoms with Crippen LogP contribution in [-0.2, 0) is 16.0 Å². The Labute approximate surface area is 178 Å². The number of fused-ring (bicyclic) bond motifs is 1. The monoisotopic (exact) mass is 412 g/mol. The predicted molar refractivity (Wildman–Crippen MR) is 121 cm³/mol. The van der Waals surface area contributed by atoms with Crippen molar-refractivity contribution in [2.45, 2.75) is 6.42 Å². The van der Waals surface area contributed by atoms with E-state index in [-0.39, 0.29) is 17.9 Å². The zero-order valence-electron chi connectivity index (χ0n) is 16.5. The van der Waals surface area contributed by atoms with Crippen molar-refractivity contribution in [3.8, 4) is 0 Å². The maximum Gasteiger partial charge on any atom is 0.336 e. The molecule has 154 valence electrons. The van der Waals surface area contributed by atoms with Gasteiger partial charge < -0.3 is 21.1 Å². The Morgan fingerprint density at radius 1 is 1.10 bits per heavy atom. The van der Waals surface area contributed by atoms with Gasteiger partial charge in [0.1, 0.15) is 5.65 Å². The number of carbonyl (C=O) groups excluding carboxylic acids is 1. The number of hydrogen-bond donors (Lipinski definition) is 4. The van der Waals surface area contributed by atoms with E-state index in [2.05, 4.69) is 15.3 Å². The van der Waals surface area contributed by atoms with Crippen LogP contribution >= 0.6 is 0 Å². The summed E-state index contributed by atoms with van der Waals surface area (Å²) in [6, 6.07) is 17.7. The van der Waals surface area contributed by atoms with Gasteiger partial charge in [0, 0.05) is 29.0 Å². The first-order valence-electron chi connectivity index (χ1n) is 9.62. The molecule has 4 aromatic rings. The Balaban J connectivity index is 1.69. The summed E-state index contributed by atoms with van der Waals surface area (Å²) in [5, 5.41) is 13.3. The lowest BCUT2D eigenvalue weighted by Gasteiger charge is -2.08. The fourth-order valence-corrected chi connectivity index (χ4v) is 3.42. The molecule has 0 radical (unpaired) electrons. The standard InChI is InChI=1S/C24H20N4O3/c25-18-8-4-5-15(11-18)12-21(29)28-20-9-10-26-23-22(20)17(14-27-23)13-19(24(30)31)16-6-2-1-3-7-16/h1-11,13-14H,12,25H2,(H,30,31)(H2,26,27,28,29). The number of benzene rings is 2. The summed E-state index contributed by atoms with van der Waals surface area (Å²) in [5.41, 5.74) is 9.61.